The van der Waals surface area contributed by atoms with E-state index in [-0.39, 0.29) is 12.5 Å². The monoisotopic (exact) mass is 423 g/mol. The summed E-state index contributed by atoms with van der Waals surface area (Å²) in [5, 5.41) is 7.04. The molecule has 1 amide bonds. The Hall–Kier alpha value is -2.09. The number of nitrogens with one attached hydrogen (secondary N) is 2. The number of carbonyl (C=O) groups is 1. The van der Waals surface area contributed by atoms with Gasteiger partial charge in [-0.2, -0.15) is 5.10 Å². The van der Waals surface area contributed by atoms with E-state index in [1.165, 1.54) is 0 Å². The van der Waals surface area contributed by atoms with Crippen molar-refractivity contribution in [3.05, 3.63) is 57.2 Å². The molecule has 0 saturated carbocycles. The number of methoxy groups -OCH3 is 1. The number of amides is 1. The van der Waals surface area contributed by atoms with Crippen LogP contribution in [0.15, 0.2) is 47.6 Å². The maximum absolute atomic E-state index is 11.8. The first-order valence-corrected chi connectivity index (χ1v) is 8.12. The van der Waals surface area contributed by atoms with Crippen molar-refractivity contribution in [2.45, 2.75) is 6.92 Å². The van der Waals surface area contributed by atoms with Gasteiger partial charge >= 0.3 is 0 Å². The topological polar surface area (TPSA) is 62.7 Å². The largest absolute Gasteiger partial charge is 0.497 e. The van der Waals surface area contributed by atoms with Crippen molar-refractivity contribution in [2.75, 3.05) is 19.0 Å². The molecule has 0 atom stereocenters. The first-order valence-electron chi connectivity index (χ1n) is 7.04. The summed E-state index contributed by atoms with van der Waals surface area (Å²) >= 11 is 2.26. The van der Waals surface area contributed by atoms with Gasteiger partial charge in [0.1, 0.15) is 5.75 Å². The zero-order valence-electron chi connectivity index (χ0n) is 13.0. The predicted octanol–water partition coefficient (Wildman–Crippen LogP) is 3.17. The lowest BCUT2D eigenvalue weighted by Crippen LogP contribution is -2.26. The molecule has 2 aromatic carbocycles. The van der Waals surface area contributed by atoms with Crippen molar-refractivity contribution >= 4 is 40.4 Å². The molecule has 0 aliphatic rings. The number of hydrogen-bond acceptors (Lipinski definition) is 4. The zero-order chi connectivity index (χ0) is 16.7. The molecule has 0 heterocycles. The Labute approximate surface area is 149 Å². The lowest BCUT2D eigenvalue weighted by atomic mass is 10.2. The van der Waals surface area contributed by atoms with E-state index in [1.807, 2.05) is 43.3 Å². The molecule has 0 bridgehead atoms. The van der Waals surface area contributed by atoms with Gasteiger partial charge in [0, 0.05) is 9.26 Å². The van der Waals surface area contributed by atoms with Crippen LogP contribution in [-0.2, 0) is 4.79 Å². The molecule has 23 heavy (non-hydrogen) atoms. The third kappa shape index (κ3) is 5.55. The highest BCUT2D eigenvalue weighted by atomic mass is 127. The second-order valence-electron chi connectivity index (χ2n) is 4.88. The van der Waals surface area contributed by atoms with Gasteiger partial charge in [0.25, 0.3) is 5.91 Å². The van der Waals surface area contributed by atoms with E-state index in [4.69, 9.17) is 4.74 Å². The molecule has 6 heteroatoms. The standard InChI is InChI=1S/C17H18IN3O2/c1-12-8-14(18)6-7-16(12)19-11-17(22)21-20-10-13-4-3-5-15(9-13)23-2/h3-10,19H,11H2,1-2H3,(H,21,22). The number of carbonyl (C=O) groups excluding carboxylic acids is 1. The number of halogens is 1. The third-order valence-corrected chi connectivity index (χ3v) is 3.80. The highest BCUT2D eigenvalue weighted by Crippen LogP contribution is 2.17. The van der Waals surface area contributed by atoms with Crippen molar-refractivity contribution in [1.82, 2.24) is 5.43 Å². The molecule has 0 aromatic heterocycles. The summed E-state index contributed by atoms with van der Waals surface area (Å²) in [7, 11) is 1.61. The number of hydrogen-bond donors (Lipinski definition) is 2. The van der Waals surface area contributed by atoms with Gasteiger partial charge in [-0.25, -0.2) is 5.43 Å². The van der Waals surface area contributed by atoms with Gasteiger partial charge < -0.3 is 10.1 Å². The smallest absolute Gasteiger partial charge is 0.259 e. The molecule has 0 saturated heterocycles. The summed E-state index contributed by atoms with van der Waals surface area (Å²) in [5.41, 5.74) is 5.39. The third-order valence-electron chi connectivity index (χ3n) is 3.12. The predicted molar refractivity (Wildman–Crippen MR) is 101 cm³/mol. The van der Waals surface area contributed by atoms with E-state index in [9.17, 15) is 4.79 Å². The van der Waals surface area contributed by atoms with Crippen molar-refractivity contribution in [3.8, 4) is 5.75 Å². The minimum atomic E-state index is -0.206. The lowest BCUT2D eigenvalue weighted by Gasteiger charge is -2.08. The Morgan fingerprint density at radius 2 is 2.13 bits per heavy atom. The molecule has 120 valence electrons. The van der Waals surface area contributed by atoms with Crippen molar-refractivity contribution < 1.29 is 9.53 Å². The summed E-state index contributed by atoms with van der Waals surface area (Å²) in [6.07, 6.45) is 1.58. The number of hydrazone groups is 1. The average Bonchev–Trinajstić information content (AvgIpc) is 2.54. The van der Waals surface area contributed by atoms with Crippen LogP contribution in [0.4, 0.5) is 5.69 Å². The van der Waals surface area contributed by atoms with Crippen molar-refractivity contribution in [2.24, 2.45) is 5.10 Å². The quantitative estimate of drug-likeness (QED) is 0.426. The maximum atomic E-state index is 11.8. The van der Waals surface area contributed by atoms with E-state index >= 15 is 0 Å². The first kappa shape index (κ1) is 17.3. The summed E-state index contributed by atoms with van der Waals surface area (Å²) < 4.78 is 6.29. The fourth-order valence-electron chi connectivity index (χ4n) is 1.94. The van der Waals surface area contributed by atoms with Crippen LogP contribution < -0.4 is 15.5 Å². The van der Waals surface area contributed by atoms with E-state index in [0.29, 0.717) is 0 Å². The van der Waals surface area contributed by atoms with Crippen LogP contribution in [0.5, 0.6) is 5.75 Å². The second-order valence-corrected chi connectivity index (χ2v) is 6.13. The van der Waals surface area contributed by atoms with Crippen molar-refractivity contribution in [3.63, 3.8) is 0 Å². The van der Waals surface area contributed by atoms with Crippen LogP contribution in [0.1, 0.15) is 11.1 Å². The minimum absolute atomic E-state index is 0.164. The molecular weight excluding hydrogens is 405 g/mol. The lowest BCUT2D eigenvalue weighted by molar-refractivity contribution is -0.119. The molecule has 0 fully saturated rings. The number of benzene rings is 2. The maximum Gasteiger partial charge on any atom is 0.259 e. The van der Waals surface area contributed by atoms with Gasteiger partial charge in [-0.05, 0) is 71.0 Å². The Morgan fingerprint density at radius 3 is 2.87 bits per heavy atom. The van der Waals surface area contributed by atoms with Gasteiger partial charge in [-0.3, -0.25) is 4.79 Å². The highest BCUT2D eigenvalue weighted by molar-refractivity contribution is 14.1. The molecular formula is C17H18IN3O2. The van der Waals surface area contributed by atoms with Crippen LogP contribution >= 0.6 is 22.6 Å². The highest BCUT2D eigenvalue weighted by Gasteiger charge is 2.02. The van der Waals surface area contributed by atoms with E-state index in [2.05, 4.69) is 44.5 Å². The Morgan fingerprint density at radius 1 is 1.30 bits per heavy atom. The summed E-state index contributed by atoms with van der Waals surface area (Å²) in [6.45, 7) is 2.17. The number of ether oxygens (including phenoxy) is 1. The Kier molecular flexibility index (Phi) is 6.40. The summed E-state index contributed by atoms with van der Waals surface area (Å²) in [4.78, 5) is 11.8. The number of nitrogens with zero attached hydrogens (tertiary/aromatic N) is 1. The Balaban J connectivity index is 1.83. The second kappa shape index (κ2) is 8.52. The first-order chi connectivity index (χ1) is 11.1. The van der Waals surface area contributed by atoms with Crippen LogP contribution in [0.3, 0.4) is 0 Å². The van der Waals surface area contributed by atoms with Crippen LogP contribution in [0.25, 0.3) is 0 Å². The number of rotatable bonds is 6. The molecule has 0 aliphatic heterocycles. The normalized spacial score (nSPS) is 10.6. The van der Waals surface area contributed by atoms with Crippen LogP contribution in [-0.4, -0.2) is 25.8 Å². The summed E-state index contributed by atoms with van der Waals surface area (Å²) in [6, 6.07) is 13.4. The molecule has 5 nitrogen and oxygen atoms in total. The fraction of sp³-hybridized carbons (Fsp3) is 0.176. The zero-order valence-corrected chi connectivity index (χ0v) is 15.1. The van der Waals surface area contributed by atoms with Gasteiger partial charge in [0.15, 0.2) is 0 Å². The summed E-state index contributed by atoms with van der Waals surface area (Å²) in [5.74, 6) is 0.540. The van der Waals surface area contributed by atoms with E-state index in [0.717, 1.165) is 26.1 Å². The van der Waals surface area contributed by atoms with E-state index < -0.39 is 0 Å². The van der Waals surface area contributed by atoms with Gasteiger partial charge in [0.2, 0.25) is 0 Å². The Bertz CT molecular complexity index is 717. The van der Waals surface area contributed by atoms with E-state index in [1.54, 1.807) is 13.3 Å². The van der Waals surface area contributed by atoms with Gasteiger partial charge in [-0.1, -0.05) is 12.1 Å². The van der Waals surface area contributed by atoms with Gasteiger partial charge in [0.05, 0.1) is 19.9 Å². The molecule has 0 aliphatic carbocycles. The molecule has 2 aromatic rings. The molecule has 0 spiro atoms. The molecule has 0 unspecified atom stereocenters. The SMILES string of the molecule is COc1cccc(C=NNC(=O)CNc2ccc(I)cc2C)c1. The minimum Gasteiger partial charge on any atom is -0.497 e. The fourth-order valence-corrected chi connectivity index (χ4v) is 2.59. The van der Waals surface area contributed by atoms with Crippen LogP contribution in [0, 0.1) is 10.5 Å². The van der Waals surface area contributed by atoms with Crippen molar-refractivity contribution in [1.29, 1.82) is 0 Å². The molecule has 2 rings (SSSR count). The van der Waals surface area contributed by atoms with Gasteiger partial charge in [-0.15, -0.1) is 0 Å². The van der Waals surface area contributed by atoms with Crippen LogP contribution in [0.2, 0.25) is 0 Å². The average molecular weight is 423 g/mol. The number of anilines is 1. The number of aryl methyl sites for hydroxylation is 1. The molecule has 2 N–H and O–H groups in total. The molecule has 0 radical (unpaired) electrons.